The maximum atomic E-state index is 9.56. The Morgan fingerprint density at radius 3 is 2.73 bits per heavy atom. The van der Waals surface area contributed by atoms with E-state index in [9.17, 15) is 5.11 Å². The zero-order valence-corrected chi connectivity index (χ0v) is 7.37. The van der Waals surface area contributed by atoms with Crippen LogP contribution in [0.15, 0.2) is 11.6 Å². The smallest absolute Gasteiger partial charge is 0.101 e. The number of ether oxygens (including phenoxy) is 1. The van der Waals surface area contributed by atoms with Gasteiger partial charge in [0.1, 0.15) is 6.10 Å². The fourth-order valence-electron chi connectivity index (χ4n) is 1.53. The van der Waals surface area contributed by atoms with Gasteiger partial charge >= 0.3 is 0 Å². The van der Waals surface area contributed by atoms with Crippen LogP contribution in [0.2, 0.25) is 0 Å². The molecule has 1 heterocycles. The molecule has 1 aliphatic heterocycles. The van der Waals surface area contributed by atoms with Crippen molar-refractivity contribution >= 4 is 0 Å². The minimum atomic E-state index is -0.392. The van der Waals surface area contributed by atoms with Crippen LogP contribution < -0.4 is 0 Å². The highest BCUT2D eigenvalue weighted by atomic mass is 16.5. The average molecular weight is 156 g/mol. The third-order valence-corrected chi connectivity index (χ3v) is 2.17. The maximum absolute atomic E-state index is 9.56. The molecule has 2 nitrogen and oxygen atoms in total. The van der Waals surface area contributed by atoms with Crippen molar-refractivity contribution in [3.05, 3.63) is 11.6 Å². The number of rotatable bonds is 0. The molecule has 3 atom stereocenters. The summed E-state index contributed by atoms with van der Waals surface area (Å²) >= 11 is 0. The lowest BCUT2D eigenvalue weighted by atomic mass is 9.96. The van der Waals surface area contributed by atoms with E-state index in [1.807, 2.05) is 26.8 Å². The number of hydrogen-bond donors (Lipinski definition) is 1. The van der Waals surface area contributed by atoms with Crippen molar-refractivity contribution in [3.63, 3.8) is 0 Å². The van der Waals surface area contributed by atoms with Gasteiger partial charge in [0.05, 0.1) is 12.2 Å². The van der Waals surface area contributed by atoms with Crippen molar-refractivity contribution in [3.8, 4) is 0 Å². The van der Waals surface area contributed by atoms with Gasteiger partial charge in [0.25, 0.3) is 0 Å². The highest BCUT2D eigenvalue weighted by molar-refractivity contribution is 5.12. The second-order valence-electron chi connectivity index (χ2n) is 3.16. The van der Waals surface area contributed by atoms with Crippen LogP contribution in [0.4, 0.5) is 0 Å². The number of aliphatic hydroxyl groups excluding tert-OH is 1. The van der Waals surface area contributed by atoms with E-state index in [-0.39, 0.29) is 12.2 Å². The van der Waals surface area contributed by atoms with Gasteiger partial charge in [0, 0.05) is 0 Å². The fourth-order valence-corrected chi connectivity index (χ4v) is 1.53. The van der Waals surface area contributed by atoms with Crippen LogP contribution >= 0.6 is 0 Å². The summed E-state index contributed by atoms with van der Waals surface area (Å²) in [5, 5.41) is 9.56. The second-order valence-corrected chi connectivity index (χ2v) is 3.16. The molecule has 1 unspecified atom stereocenters. The Morgan fingerprint density at radius 1 is 1.55 bits per heavy atom. The predicted molar refractivity (Wildman–Crippen MR) is 44.4 cm³/mol. The van der Waals surface area contributed by atoms with Crippen molar-refractivity contribution in [2.75, 3.05) is 0 Å². The molecule has 0 spiro atoms. The first kappa shape index (κ1) is 8.75. The Kier molecular flexibility index (Phi) is 2.68. The number of hydrogen-bond acceptors (Lipinski definition) is 2. The zero-order valence-electron chi connectivity index (χ0n) is 7.37. The largest absolute Gasteiger partial charge is 0.386 e. The second kappa shape index (κ2) is 3.37. The topological polar surface area (TPSA) is 29.5 Å². The van der Waals surface area contributed by atoms with Gasteiger partial charge in [-0.2, -0.15) is 0 Å². The van der Waals surface area contributed by atoms with Crippen LogP contribution in [0.25, 0.3) is 0 Å². The summed E-state index contributed by atoms with van der Waals surface area (Å²) in [4.78, 5) is 0. The molecule has 2 heteroatoms. The summed E-state index contributed by atoms with van der Waals surface area (Å²) in [6, 6.07) is 0. The third kappa shape index (κ3) is 1.82. The third-order valence-electron chi connectivity index (χ3n) is 2.17. The number of allylic oxidation sites excluding steroid dienone is 1. The van der Waals surface area contributed by atoms with Crippen LogP contribution in [-0.4, -0.2) is 23.4 Å². The SMILES string of the molecule is C/C=C1/C[C@@H](C)O[C@@H](C)C1O. The minimum absolute atomic E-state index is 0.0510. The summed E-state index contributed by atoms with van der Waals surface area (Å²) in [5.41, 5.74) is 1.11. The first-order chi connectivity index (χ1) is 5.15. The standard InChI is InChI=1S/C9H16O2/c1-4-8-5-6(2)11-7(3)9(8)10/h4,6-7,9-10H,5H2,1-3H3/b8-4-/t6-,7+,9?/m1/s1. The van der Waals surface area contributed by atoms with Crippen LogP contribution in [0, 0.1) is 0 Å². The van der Waals surface area contributed by atoms with E-state index in [0.29, 0.717) is 0 Å². The van der Waals surface area contributed by atoms with Gasteiger partial charge in [-0.25, -0.2) is 0 Å². The summed E-state index contributed by atoms with van der Waals surface area (Å²) in [6.07, 6.45) is 2.66. The first-order valence-corrected chi connectivity index (χ1v) is 4.13. The molecule has 0 amide bonds. The molecular weight excluding hydrogens is 140 g/mol. The molecule has 0 radical (unpaired) electrons. The molecule has 0 bridgehead atoms. The molecule has 0 aromatic carbocycles. The molecular formula is C9H16O2. The normalized spacial score (nSPS) is 42.9. The van der Waals surface area contributed by atoms with Crippen LogP contribution in [0.5, 0.6) is 0 Å². The van der Waals surface area contributed by atoms with Crippen molar-refractivity contribution in [2.45, 2.75) is 45.5 Å². The van der Waals surface area contributed by atoms with E-state index in [2.05, 4.69) is 0 Å². The predicted octanol–water partition coefficient (Wildman–Crippen LogP) is 1.49. The van der Waals surface area contributed by atoms with Crippen molar-refractivity contribution in [1.29, 1.82) is 0 Å². The molecule has 0 aromatic heterocycles. The Labute approximate surface area is 67.9 Å². The molecule has 1 fully saturated rings. The molecule has 0 aliphatic carbocycles. The fraction of sp³-hybridized carbons (Fsp3) is 0.778. The highest BCUT2D eigenvalue weighted by Crippen LogP contribution is 2.23. The van der Waals surface area contributed by atoms with Gasteiger partial charge in [-0.05, 0) is 32.8 Å². The minimum Gasteiger partial charge on any atom is -0.386 e. The zero-order chi connectivity index (χ0) is 8.43. The Morgan fingerprint density at radius 2 is 2.18 bits per heavy atom. The van der Waals surface area contributed by atoms with E-state index in [1.165, 1.54) is 0 Å². The molecule has 1 aliphatic rings. The lowest BCUT2D eigenvalue weighted by Crippen LogP contribution is -2.37. The Bertz CT molecular complexity index is 163. The van der Waals surface area contributed by atoms with E-state index >= 15 is 0 Å². The van der Waals surface area contributed by atoms with Gasteiger partial charge in [-0.3, -0.25) is 0 Å². The van der Waals surface area contributed by atoms with Crippen LogP contribution in [0.3, 0.4) is 0 Å². The quantitative estimate of drug-likeness (QED) is 0.538. The molecule has 64 valence electrons. The van der Waals surface area contributed by atoms with Gasteiger partial charge in [0.15, 0.2) is 0 Å². The monoisotopic (exact) mass is 156 g/mol. The lowest BCUT2D eigenvalue weighted by molar-refractivity contribution is -0.0743. The molecule has 11 heavy (non-hydrogen) atoms. The summed E-state index contributed by atoms with van der Waals surface area (Å²) in [7, 11) is 0. The Hall–Kier alpha value is -0.340. The molecule has 1 saturated heterocycles. The molecule has 1 rings (SSSR count). The Balaban J connectivity index is 2.67. The summed E-state index contributed by atoms with van der Waals surface area (Å²) in [6.45, 7) is 5.90. The van der Waals surface area contributed by atoms with Gasteiger partial charge < -0.3 is 9.84 Å². The molecule has 0 aromatic rings. The van der Waals surface area contributed by atoms with Crippen molar-refractivity contribution < 1.29 is 9.84 Å². The van der Waals surface area contributed by atoms with Crippen LogP contribution in [0.1, 0.15) is 27.2 Å². The van der Waals surface area contributed by atoms with E-state index < -0.39 is 6.10 Å². The maximum Gasteiger partial charge on any atom is 0.101 e. The molecule has 1 N–H and O–H groups in total. The lowest BCUT2D eigenvalue weighted by Gasteiger charge is -2.32. The number of aliphatic hydroxyl groups is 1. The first-order valence-electron chi connectivity index (χ1n) is 4.13. The van der Waals surface area contributed by atoms with E-state index in [1.54, 1.807) is 0 Å². The average Bonchev–Trinajstić information content (AvgIpc) is 1.96. The van der Waals surface area contributed by atoms with E-state index in [0.717, 1.165) is 12.0 Å². The van der Waals surface area contributed by atoms with Crippen molar-refractivity contribution in [2.24, 2.45) is 0 Å². The summed E-state index contributed by atoms with van der Waals surface area (Å²) in [5.74, 6) is 0. The van der Waals surface area contributed by atoms with Crippen molar-refractivity contribution in [1.82, 2.24) is 0 Å². The van der Waals surface area contributed by atoms with Gasteiger partial charge in [0.2, 0.25) is 0 Å². The highest BCUT2D eigenvalue weighted by Gasteiger charge is 2.27. The van der Waals surface area contributed by atoms with Crippen LogP contribution in [-0.2, 0) is 4.74 Å². The van der Waals surface area contributed by atoms with Gasteiger partial charge in [-0.15, -0.1) is 0 Å². The van der Waals surface area contributed by atoms with Gasteiger partial charge in [-0.1, -0.05) is 6.08 Å². The summed E-state index contributed by atoms with van der Waals surface area (Å²) < 4.78 is 5.44. The molecule has 0 saturated carbocycles. The van der Waals surface area contributed by atoms with E-state index in [4.69, 9.17) is 4.74 Å².